The number of sulfonamides is 2. The molecule has 11 nitrogen and oxygen atoms in total. The van der Waals surface area contributed by atoms with Gasteiger partial charge in [0.15, 0.2) is 11.8 Å². The van der Waals surface area contributed by atoms with Gasteiger partial charge in [0, 0.05) is 24.7 Å². The Bertz CT molecular complexity index is 2610. The van der Waals surface area contributed by atoms with E-state index in [9.17, 15) is 47.1 Å². The first-order valence-corrected chi connectivity index (χ1v) is 21.8. The Kier molecular flexibility index (Phi) is 12.0. The van der Waals surface area contributed by atoms with Crippen molar-refractivity contribution in [3.63, 3.8) is 0 Å². The molecule has 0 aromatic heterocycles. The van der Waals surface area contributed by atoms with Crippen molar-refractivity contribution >= 4 is 63.3 Å². The van der Waals surface area contributed by atoms with E-state index in [2.05, 4.69) is 4.72 Å². The lowest BCUT2D eigenvalue weighted by Gasteiger charge is -2.24. The average Bonchev–Trinajstić information content (AvgIpc) is 3.12. The van der Waals surface area contributed by atoms with Gasteiger partial charge in [0.1, 0.15) is 9.79 Å². The molecule has 0 saturated heterocycles. The maximum Gasteiger partial charge on any atom is 0.332 e. The van der Waals surface area contributed by atoms with E-state index in [1.807, 2.05) is 42.5 Å². The first-order chi connectivity index (χ1) is 24.8. The van der Waals surface area contributed by atoms with Crippen LogP contribution < -0.4 is 4.72 Å². The molecule has 0 saturated carbocycles. The van der Waals surface area contributed by atoms with E-state index in [-0.39, 0.29) is 34.8 Å². The maximum atomic E-state index is 14.1. The summed E-state index contributed by atoms with van der Waals surface area (Å²) >= 11 is 12.2. The third-order valence-electron chi connectivity index (χ3n) is 7.81. The van der Waals surface area contributed by atoms with Crippen LogP contribution >= 0.6 is 23.2 Å². The Balaban J connectivity index is 1.46. The lowest BCUT2D eigenvalue weighted by Crippen LogP contribution is -2.30. The fourth-order valence-corrected chi connectivity index (χ4v) is 10.5. The summed E-state index contributed by atoms with van der Waals surface area (Å²) in [6.45, 7) is -0.980. The highest BCUT2D eigenvalue weighted by Crippen LogP contribution is 2.37. The van der Waals surface area contributed by atoms with Gasteiger partial charge in [-0.25, -0.2) is 34.4 Å². The van der Waals surface area contributed by atoms with E-state index in [4.69, 9.17) is 23.2 Å². The summed E-state index contributed by atoms with van der Waals surface area (Å²) < 4.78 is 132. The zero-order valence-corrected chi connectivity index (χ0v) is 31.8. The second-order valence-corrected chi connectivity index (χ2v) is 19.2. The first kappa shape index (κ1) is 40.2. The minimum absolute atomic E-state index is 0.0451. The molecule has 0 spiro atoms. The molecule has 0 radical (unpaired) electrons. The normalized spacial score (nSPS) is 12.6. The number of phenols is 1. The molecule has 53 heavy (non-hydrogen) atoms. The SMILES string of the molecule is O=S(=O)(F)c1ccc(S(=O)(=O)NCc2cccc(CN(Cc3ccc(-c4ccccc4)cc3)S(=O)(=O)c3cc(Cl)cc(Cl)c3O)c2)c(S(=O)(=O)CF)c1. The Labute approximate surface area is 315 Å². The number of phenolic OH excluding ortho intramolecular Hbond substituents is 1. The highest BCUT2D eigenvalue weighted by atomic mass is 35.5. The molecular formula is C34H28Cl2F2N2O9S4. The van der Waals surface area contributed by atoms with Crippen molar-refractivity contribution in [1.29, 1.82) is 0 Å². The van der Waals surface area contributed by atoms with Gasteiger partial charge >= 0.3 is 10.2 Å². The van der Waals surface area contributed by atoms with E-state index >= 15 is 0 Å². The largest absolute Gasteiger partial charge is 0.505 e. The van der Waals surface area contributed by atoms with Gasteiger partial charge in [0.2, 0.25) is 29.9 Å². The topological polar surface area (TPSA) is 172 Å². The highest BCUT2D eigenvalue weighted by Gasteiger charge is 2.31. The van der Waals surface area contributed by atoms with Crippen molar-refractivity contribution < 1.29 is 47.1 Å². The molecule has 0 aliphatic carbocycles. The molecule has 0 unspecified atom stereocenters. The van der Waals surface area contributed by atoms with Gasteiger partial charge in [0.05, 0.1) is 14.8 Å². The first-order valence-electron chi connectivity index (χ1n) is 15.1. The van der Waals surface area contributed by atoms with Crippen LogP contribution in [0.3, 0.4) is 0 Å². The Morgan fingerprint density at radius 1 is 0.642 bits per heavy atom. The second-order valence-electron chi connectivity index (χ2n) is 11.5. The lowest BCUT2D eigenvalue weighted by molar-refractivity contribution is 0.394. The summed E-state index contributed by atoms with van der Waals surface area (Å²) in [5, 5.41) is 10.3. The van der Waals surface area contributed by atoms with Crippen LogP contribution in [0.5, 0.6) is 5.75 Å². The Morgan fingerprint density at radius 3 is 1.91 bits per heavy atom. The Hall–Kier alpha value is -3.94. The molecule has 0 bridgehead atoms. The van der Waals surface area contributed by atoms with Crippen LogP contribution in [-0.4, -0.2) is 49.1 Å². The van der Waals surface area contributed by atoms with E-state index in [1.165, 1.54) is 24.3 Å². The minimum Gasteiger partial charge on any atom is -0.505 e. The number of nitrogens with zero attached hydrogens (tertiary/aromatic N) is 1. The molecule has 19 heteroatoms. The van der Waals surface area contributed by atoms with E-state index in [1.54, 1.807) is 18.2 Å². The predicted molar refractivity (Wildman–Crippen MR) is 195 cm³/mol. The Morgan fingerprint density at radius 2 is 1.26 bits per heavy atom. The number of benzene rings is 5. The zero-order valence-electron chi connectivity index (χ0n) is 27.0. The standard InChI is InChI=1S/C34H28Cl2F2N2O9S4/c35-28-16-30(36)34(41)33(17-28)53(48,49)40(20-23-9-11-27(12-10-23)26-7-2-1-3-8-26)21-25-6-4-5-24(15-25)19-39-52(46,47)31-14-13-29(51(38,44)45)18-32(31)50(42,43)22-37/h1-18,39,41H,19-22H2. The van der Waals surface area contributed by atoms with Gasteiger partial charge in [0.25, 0.3) is 0 Å². The number of nitrogens with one attached hydrogen (secondary N) is 1. The fraction of sp³-hybridized carbons (Fsp3) is 0.118. The molecule has 5 rings (SSSR count). The molecule has 0 fully saturated rings. The van der Waals surface area contributed by atoms with Crippen LogP contribution in [0.4, 0.5) is 8.28 Å². The summed E-state index contributed by atoms with van der Waals surface area (Å²) in [6.07, 6.45) is 0. The van der Waals surface area contributed by atoms with Crippen LogP contribution in [0.1, 0.15) is 16.7 Å². The van der Waals surface area contributed by atoms with Crippen molar-refractivity contribution in [1.82, 2.24) is 9.03 Å². The number of sulfone groups is 1. The number of rotatable bonds is 14. The number of halogens is 4. The third-order valence-corrected chi connectivity index (χ3v) is 13.8. The van der Waals surface area contributed by atoms with Gasteiger partial charge in [-0.3, -0.25) is 0 Å². The van der Waals surface area contributed by atoms with Crippen molar-refractivity contribution in [2.24, 2.45) is 0 Å². The summed E-state index contributed by atoms with van der Waals surface area (Å²) in [4.78, 5) is -4.02. The second kappa shape index (κ2) is 15.8. The summed E-state index contributed by atoms with van der Waals surface area (Å²) in [6, 6.07) is 24.0. The van der Waals surface area contributed by atoms with E-state index in [0.29, 0.717) is 23.3 Å². The number of hydrogen-bond acceptors (Lipinski definition) is 9. The minimum atomic E-state index is -5.47. The summed E-state index contributed by atoms with van der Waals surface area (Å²) in [5.41, 5.74) is 3.03. The summed E-state index contributed by atoms with van der Waals surface area (Å²) in [7, 11) is -19.8. The molecular weight excluding hydrogens is 818 g/mol. The predicted octanol–water partition coefficient (Wildman–Crippen LogP) is 6.59. The highest BCUT2D eigenvalue weighted by molar-refractivity contribution is 7.93. The smallest absolute Gasteiger partial charge is 0.332 e. The third kappa shape index (κ3) is 9.42. The molecule has 5 aromatic rings. The average molecular weight is 846 g/mol. The molecule has 2 N–H and O–H groups in total. The molecule has 0 heterocycles. The molecule has 0 aliphatic rings. The lowest BCUT2D eigenvalue weighted by atomic mass is 10.0. The van der Waals surface area contributed by atoms with Crippen molar-refractivity contribution in [3.05, 3.63) is 136 Å². The molecule has 0 amide bonds. The van der Waals surface area contributed by atoms with Crippen LogP contribution in [0.2, 0.25) is 10.0 Å². The molecule has 0 atom stereocenters. The van der Waals surface area contributed by atoms with Gasteiger partial charge in [-0.2, -0.15) is 12.7 Å². The van der Waals surface area contributed by atoms with Crippen LogP contribution in [0.15, 0.2) is 129 Å². The van der Waals surface area contributed by atoms with Gasteiger partial charge in [-0.1, -0.05) is 102 Å². The van der Waals surface area contributed by atoms with Gasteiger partial charge in [-0.15, -0.1) is 3.89 Å². The zero-order chi connectivity index (χ0) is 38.8. The monoisotopic (exact) mass is 844 g/mol. The van der Waals surface area contributed by atoms with E-state index in [0.717, 1.165) is 21.5 Å². The maximum absolute atomic E-state index is 14.1. The number of hydrogen-bond donors (Lipinski definition) is 2. The van der Waals surface area contributed by atoms with Crippen LogP contribution in [-0.2, 0) is 59.7 Å². The fourth-order valence-electron chi connectivity index (χ4n) is 5.20. The molecule has 0 aliphatic heterocycles. The quantitative estimate of drug-likeness (QED) is 0.117. The van der Waals surface area contributed by atoms with Crippen LogP contribution in [0.25, 0.3) is 11.1 Å². The van der Waals surface area contributed by atoms with Crippen molar-refractivity contribution in [2.45, 2.75) is 39.2 Å². The van der Waals surface area contributed by atoms with Crippen molar-refractivity contribution in [3.8, 4) is 16.9 Å². The van der Waals surface area contributed by atoms with Crippen LogP contribution in [0, 0.1) is 0 Å². The summed E-state index contributed by atoms with van der Waals surface area (Å²) in [5.74, 6) is -0.713. The van der Waals surface area contributed by atoms with Gasteiger partial charge < -0.3 is 5.11 Å². The van der Waals surface area contributed by atoms with Crippen molar-refractivity contribution in [2.75, 3.05) is 6.01 Å². The molecule has 280 valence electrons. The van der Waals surface area contributed by atoms with Gasteiger partial charge in [-0.05, 0) is 58.1 Å². The number of alkyl halides is 1. The molecule has 5 aromatic carbocycles. The number of aromatic hydroxyl groups is 1. The van der Waals surface area contributed by atoms with E-state index < -0.39 is 78.0 Å².